The molecular formula is C27H28ClFN4O7S. The van der Waals surface area contributed by atoms with Gasteiger partial charge in [0.05, 0.1) is 22.6 Å². The minimum absolute atomic E-state index is 0.0346. The number of hydrogen-bond acceptors (Lipinski definition) is 7. The molecule has 0 aliphatic rings. The molecular weight excluding hydrogens is 579 g/mol. The van der Waals surface area contributed by atoms with Gasteiger partial charge in [-0.05, 0) is 44.2 Å². The number of ether oxygens (including phenoxy) is 1. The van der Waals surface area contributed by atoms with E-state index in [0.717, 1.165) is 11.0 Å². The van der Waals surface area contributed by atoms with Gasteiger partial charge in [0.1, 0.15) is 24.2 Å². The molecule has 3 aromatic rings. The highest BCUT2D eigenvalue weighted by atomic mass is 35.5. The molecule has 0 bridgehead atoms. The monoisotopic (exact) mass is 606 g/mol. The molecule has 3 rings (SSSR count). The number of sulfonamides is 1. The number of carbonyl (C=O) groups is 2. The number of halogens is 2. The van der Waals surface area contributed by atoms with Gasteiger partial charge in [-0.1, -0.05) is 35.9 Å². The van der Waals surface area contributed by atoms with Crippen molar-refractivity contribution in [3.63, 3.8) is 0 Å². The van der Waals surface area contributed by atoms with Gasteiger partial charge in [0, 0.05) is 35.8 Å². The molecule has 14 heteroatoms. The van der Waals surface area contributed by atoms with E-state index < -0.39 is 55.7 Å². The van der Waals surface area contributed by atoms with Gasteiger partial charge in [-0.2, -0.15) is 0 Å². The predicted molar refractivity (Wildman–Crippen MR) is 151 cm³/mol. The third kappa shape index (κ3) is 6.92. The molecule has 1 unspecified atom stereocenters. The minimum Gasteiger partial charge on any atom is -0.495 e. The Bertz CT molecular complexity index is 1590. The van der Waals surface area contributed by atoms with Crippen molar-refractivity contribution in [2.24, 2.45) is 0 Å². The Kier molecular flexibility index (Phi) is 9.89. The molecule has 0 aromatic heterocycles. The summed E-state index contributed by atoms with van der Waals surface area (Å²) < 4.78 is 48.6. The van der Waals surface area contributed by atoms with Gasteiger partial charge in [0.15, 0.2) is 0 Å². The maximum Gasteiger partial charge on any atom is 0.273 e. The lowest BCUT2D eigenvalue weighted by Crippen LogP contribution is -2.50. The highest BCUT2D eigenvalue weighted by Crippen LogP contribution is 2.36. The van der Waals surface area contributed by atoms with Crippen LogP contribution in [0.2, 0.25) is 5.02 Å². The van der Waals surface area contributed by atoms with Gasteiger partial charge in [-0.25, -0.2) is 12.8 Å². The van der Waals surface area contributed by atoms with E-state index in [-0.39, 0.29) is 34.1 Å². The smallest absolute Gasteiger partial charge is 0.273 e. The minimum atomic E-state index is -4.67. The molecule has 0 fully saturated rings. The van der Waals surface area contributed by atoms with E-state index in [4.69, 9.17) is 16.3 Å². The number of nitro benzene ring substituents is 1. The van der Waals surface area contributed by atoms with Gasteiger partial charge >= 0.3 is 0 Å². The van der Waals surface area contributed by atoms with Crippen LogP contribution in [0.15, 0.2) is 65.6 Å². The molecule has 0 saturated heterocycles. The SMILES string of the molecule is CNC(=O)C(C)N(Cc1ccccc1F)C(=O)CN(c1cc(Cl)ccc1OC)S(=O)(=O)c1ccc(C)c([N+](=O)[O-])c1. The zero-order valence-electron chi connectivity index (χ0n) is 22.6. The number of hydrogen-bond donors (Lipinski definition) is 1. The predicted octanol–water partition coefficient (Wildman–Crippen LogP) is 4.06. The second-order valence-corrected chi connectivity index (χ2v) is 11.2. The number of carbonyl (C=O) groups excluding carboxylic acids is 2. The molecule has 0 saturated carbocycles. The molecule has 0 aliphatic carbocycles. The number of amides is 2. The van der Waals surface area contributed by atoms with Crippen molar-refractivity contribution in [2.75, 3.05) is 25.0 Å². The van der Waals surface area contributed by atoms with Crippen LogP contribution in [0.25, 0.3) is 0 Å². The number of methoxy groups -OCH3 is 1. The summed E-state index contributed by atoms with van der Waals surface area (Å²) in [4.78, 5) is 37.8. The van der Waals surface area contributed by atoms with Gasteiger partial charge < -0.3 is 15.0 Å². The van der Waals surface area contributed by atoms with Crippen LogP contribution in [-0.4, -0.2) is 56.8 Å². The summed E-state index contributed by atoms with van der Waals surface area (Å²) in [5, 5.41) is 14.1. The van der Waals surface area contributed by atoms with Crippen LogP contribution < -0.4 is 14.4 Å². The van der Waals surface area contributed by atoms with E-state index in [9.17, 15) is 32.5 Å². The molecule has 2 amide bonds. The number of anilines is 1. The first kappa shape index (κ1) is 31.3. The highest BCUT2D eigenvalue weighted by molar-refractivity contribution is 7.92. The Morgan fingerprint density at radius 3 is 2.44 bits per heavy atom. The Morgan fingerprint density at radius 2 is 1.83 bits per heavy atom. The van der Waals surface area contributed by atoms with Gasteiger partial charge in [0.25, 0.3) is 15.7 Å². The van der Waals surface area contributed by atoms with E-state index in [1.165, 1.54) is 76.5 Å². The van der Waals surface area contributed by atoms with E-state index in [1.807, 2.05) is 0 Å². The molecule has 218 valence electrons. The average molecular weight is 607 g/mol. The largest absolute Gasteiger partial charge is 0.495 e. The zero-order chi connectivity index (χ0) is 30.5. The van der Waals surface area contributed by atoms with Crippen LogP contribution >= 0.6 is 11.6 Å². The van der Waals surface area contributed by atoms with Gasteiger partial charge in [0.2, 0.25) is 11.8 Å². The zero-order valence-corrected chi connectivity index (χ0v) is 24.2. The Balaban J connectivity index is 2.18. The molecule has 1 atom stereocenters. The van der Waals surface area contributed by atoms with Crippen LogP contribution in [0.5, 0.6) is 5.75 Å². The molecule has 1 N–H and O–H groups in total. The van der Waals surface area contributed by atoms with Crippen molar-refractivity contribution in [1.29, 1.82) is 0 Å². The first-order valence-electron chi connectivity index (χ1n) is 12.2. The number of rotatable bonds is 11. The number of nitrogens with zero attached hydrogens (tertiary/aromatic N) is 3. The Hall–Kier alpha value is -4.23. The van der Waals surface area contributed by atoms with Crippen molar-refractivity contribution < 1.29 is 32.1 Å². The summed E-state index contributed by atoms with van der Waals surface area (Å²) in [6.07, 6.45) is 0. The number of nitro groups is 1. The van der Waals surface area contributed by atoms with Gasteiger partial charge in [-0.15, -0.1) is 0 Å². The molecule has 0 aliphatic heterocycles. The number of aryl methyl sites for hydroxylation is 1. The summed E-state index contributed by atoms with van der Waals surface area (Å²) in [6, 6.07) is 12.0. The van der Waals surface area contributed by atoms with E-state index in [0.29, 0.717) is 4.31 Å². The fourth-order valence-electron chi connectivity index (χ4n) is 4.05. The fourth-order valence-corrected chi connectivity index (χ4v) is 5.65. The summed E-state index contributed by atoms with van der Waals surface area (Å²) in [6.45, 7) is 1.64. The lowest BCUT2D eigenvalue weighted by molar-refractivity contribution is -0.385. The lowest BCUT2D eigenvalue weighted by Gasteiger charge is -2.32. The molecule has 41 heavy (non-hydrogen) atoms. The molecule has 3 aromatic carbocycles. The highest BCUT2D eigenvalue weighted by Gasteiger charge is 2.35. The van der Waals surface area contributed by atoms with E-state index >= 15 is 0 Å². The molecule has 0 spiro atoms. The van der Waals surface area contributed by atoms with Crippen LogP contribution in [-0.2, 0) is 26.2 Å². The first-order chi connectivity index (χ1) is 19.3. The third-order valence-corrected chi connectivity index (χ3v) is 8.36. The second-order valence-electron chi connectivity index (χ2n) is 8.94. The number of benzene rings is 3. The Morgan fingerprint density at radius 1 is 1.15 bits per heavy atom. The van der Waals surface area contributed by atoms with Crippen molar-refractivity contribution in [3.05, 3.63) is 92.7 Å². The summed E-state index contributed by atoms with van der Waals surface area (Å²) in [7, 11) is -2.02. The van der Waals surface area contributed by atoms with E-state index in [2.05, 4.69) is 5.32 Å². The van der Waals surface area contributed by atoms with Crippen LogP contribution in [0.4, 0.5) is 15.8 Å². The van der Waals surface area contributed by atoms with Crippen LogP contribution in [0.1, 0.15) is 18.1 Å². The number of nitrogens with one attached hydrogen (secondary N) is 1. The van der Waals surface area contributed by atoms with Crippen molar-refractivity contribution in [1.82, 2.24) is 10.2 Å². The number of likely N-dealkylation sites (N-methyl/N-ethyl adjacent to an activating group) is 1. The quantitative estimate of drug-likeness (QED) is 0.256. The molecule has 11 nitrogen and oxygen atoms in total. The summed E-state index contributed by atoms with van der Waals surface area (Å²) >= 11 is 6.18. The molecule has 0 heterocycles. The third-order valence-electron chi connectivity index (χ3n) is 6.37. The standard InChI is InChI=1S/C27H28ClFN4O7S/c1-17-9-11-21(14-23(17)33(36)37)41(38,39)32(24-13-20(28)10-12-25(24)40-4)16-26(34)31(18(2)27(35)30-3)15-19-7-5-6-8-22(19)29/h5-14,18H,15-16H2,1-4H3,(H,30,35). The maximum atomic E-state index is 14.5. The van der Waals surface area contributed by atoms with Crippen LogP contribution in [0.3, 0.4) is 0 Å². The molecule has 0 radical (unpaired) electrons. The van der Waals surface area contributed by atoms with Crippen molar-refractivity contribution in [2.45, 2.75) is 31.3 Å². The second kappa shape index (κ2) is 13.0. The normalized spacial score (nSPS) is 11.9. The van der Waals surface area contributed by atoms with Crippen molar-refractivity contribution in [3.8, 4) is 5.75 Å². The summed E-state index contributed by atoms with van der Waals surface area (Å²) in [5.41, 5.74) is -0.243. The van der Waals surface area contributed by atoms with Gasteiger partial charge in [-0.3, -0.25) is 24.0 Å². The maximum absolute atomic E-state index is 14.5. The lowest BCUT2D eigenvalue weighted by atomic mass is 10.1. The van der Waals surface area contributed by atoms with Crippen molar-refractivity contribution >= 4 is 44.8 Å². The van der Waals surface area contributed by atoms with Crippen LogP contribution in [0, 0.1) is 22.9 Å². The topological polar surface area (TPSA) is 139 Å². The van der Waals surface area contributed by atoms with E-state index in [1.54, 1.807) is 6.07 Å². The summed E-state index contributed by atoms with van der Waals surface area (Å²) in [5.74, 6) is -2.02. The average Bonchev–Trinajstić information content (AvgIpc) is 2.94. The fraction of sp³-hybridized carbons (Fsp3) is 0.259. The first-order valence-corrected chi connectivity index (χ1v) is 14.0. The Labute approximate surface area is 241 Å².